The van der Waals surface area contributed by atoms with Crippen LogP contribution in [0.2, 0.25) is 0 Å². The summed E-state index contributed by atoms with van der Waals surface area (Å²) in [6.45, 7) is 10.9. The van der Waals surface area contributed by atoms with E-state index in [0.717, 1.165) is 0 Å². The topological polar surface area (TPSA) is 3.24 Å². The van der Waals surface area contributed by atoms with Crippen LogP contribution in [-0.2, 0) is 0 Å². The molecule has 0 saturated carbocycles. The zero-order chi connectivity index (χ0) is 7.61. The van der Waals surface area contributed by atoms with Gasteiger partial charge in [-0.05, 0) is 31.3 Å². The van der Waals surface area contributed by atoms with Crippen molar-refractivity contribution in [2.45, 2.75) is 33.6 Å². The summed E-state index contributed by atoms with van der Waals surface area (Å²) in [6.07, 6.45) is 2.68. The van der Waals surface area contributed by atoms with Gasteiger partial charge in [0.2, 0.25) is 0 Å². The number of hydrogen-bond acceptors (Lipinski definition) is 1. The molecule has 0 bridgehead atoms. The SMILES string of the molecule is CCCN1CCC(C)(C)C1. The quantitative estimate of drug-likeness (QED) is 0.569. The van der Waals surface area contributed by atoms with Gasteiger partial charge in [-0.15, -0.1) is 0 Å². The summed E-state index contributed by atoms with van der Waals surface area (Å²) < 4.78 is 0. The third kappa shape index (κ3) is 1.98. The summed E-state index contributed by atoms with van der Waals surface area (Å²) in [5.41, 5.74) is 0.592. The molecular formula is C9H19N. The molecule has 0 unspecified atom stereocenters. The Labute approximate surface area is 64.4 Å². The predicted octanol–water partition coefficient (Wildman–Crippen LogP) is 2.13. The van der Waals surface area contributed by atoms with Gasteiger partial charge < -0.3 is 4.90 Å². The van der Waals surface area contributed by atoms with Crippen LogP contribution >= 0.6 is 0 Å². The van der Waals surface area contributed by atoms with Crippen molar-refractivity contribution < 1.29 is 0 Å². The van der Waals surface area contributed by atoms with Crippen molar-refractivity contribution in [2.24, 2.45) is 5.41 Å². The monoisotopic (exact) mass is 141 g/mol. The lowest BCUT2D eigenvalue weighted by Gasteiger charge is -2.18. The zero-order valence-electron chi connectivity index (χ0n) is 7.48. The molecule has 0 spiro atoms. The van der Waals surface area contributed by atoms with Crippen LogP contribution in [0.4, 0.5) is 0 Å². The minimum absolute atomic E-state index is 0.592. The van der Waals surface area contributed by atoms with Crippen LogP contribution in [0, 0.1) is 5.41 Å². The minimum Gasteiger partial charge on any atom is -0.303 e. The molecule has 0 atom stereocenters. The molecule has 10 heavy (non-hydrogen) atoms. The van der Waals surface area contributed by atoms with Gasteiger partial charge >= 0.3 is 0 Å². The van der Waals surface area contributed by atoms with E-state index in [2.05, 4.69) is 25.7 Å². The maximum atomic E-state index is 2.57. The molecule has 1 saturated heterocycles. The Morgan fingerprint density at radius 2 is 2.10 bits per heavy atom. The number of nitrogens with zero attached hydrogens (tertiary/aromatic N) is 1. The van der Waals surface area contributed by atoms with Crippen LogP contribution in [0.3, 0.4) is 0 Å². The van der Waals surface area contributed by atoms with Crippen molar-refractivity contribution in [2.75, 3.05) is 19.6 Å². The fourth-order valence-electron chi connectivity index (χ4n) is 1.73. The maximum Gasteiger partial charge on any atom is 0.00332 e. The highest BCUT2D eigenvalue weighted by Gasteiger charge is 2.27. The first-order valence-corrected chi connectivity index (χ1v) is 4.36. The van der Waals surface area contributed by atoms with Gasteiger partial charge in [-0.2, -0.15) is 0 Å². The van der Waals surface area contributed by atoms with Crippen LogP contribution in [0.1, 0.15) is 33.6 Å². The Morgan fingerprint density at radius 1 is 1.40 bits per heavy atom. The zero-order valence-corrected chi connectivity index (χ0v) is 7.48. The largest absolute Gasteiger partial charge is 0.303 e. The summed E-state index contributed by atoms with van der Waals surface area (Å²) in [4.78, 5) is 2.57. The Balaban J connectivity index is 2.29. The highest BCUT2D eigenvalue weighted by Crippen LogP contribution is 2.28. The van der Waals surface area contributed by atoms with Crippen LogP contribution in [0.15, 0.2) is 0 Å². The molecule has 1 nitrogen and oxygen atoms in total. The fraction of sp³-hybridized carbons (Fsp3) is 1.00. The molecule has 0 aromatic carbocycles. The second-order valence-corrected chi connectivity index (χ2v) is 4.19. The molecule has 0 aromatic heterocycles. The summed E-state index contributed by atoms with van der Waals surface area (Å²) in [6, 6.07) is 0. The van der Waals surface area contributed by atoms with E-state index >= 15 is 0 Å². The summed E-state index contributed by atoms with van der Waals surface area (Å²) in [5.74, 6) is 0. The van der Waals surface area contributed by atoms with Crippen LogP contribution < -0.4 is 0 Å². The van der Waals surface area contributed by atoms with E-state index in [1.54, 1.807) is 0 Å². The minimum atomic E-state index is 0.592. The van der Waals surface area contributed by atoms with E-state index in [9.17, 15) is 0 Å². The van der Waals surface area contributed by atoms with E-state index < -0.39 is 0 Å². The lowest BCUT2D eigenvalue weighted by atomic mass is 9.93. The van der Waals surface area contributed by atoms with Gasteiger partial charge in [0, 0.05) is 6.54 Å². The Hall–Kier alpha value is -0.0400. The first-order valence-electron chi connectivity index (χ1n) is 4.36. The van der Waals surface area contributed by atoms with Gasteiger partial charge in [-0.3, -0.25) is 0 Å². The highest BCUT2D eigenvalue weighted by molar-refractivity contribution is 4.81. The van der Waals surface area contributed by atoms with E-state index in [0.29, 0.717) is 5.41 Å². The van der Waals surface area contributed by atoms with E-state index in [-0.39, 0.29) is 0 Å². The molecule has 1 fully saturated rings. The molecule has 0 amide bonds. The second-order valence-electron chi connectivity index (χ2n) is 4.19. The van der Waals surface area contributed by atoms with Crippen molar-refractivity contribution in [1.82, 2.24) is 4.90 Å². The van der Waals surface area contributed by atoms with Crippen molar-refractivity contribution in [3.05, 3.63) is 0 Å². The molecule has 0 aliphatic carbocycles. The first-order chi connectivity index (χ1) is 4.64. The number of likely N-dealkylation sites (tertiary alicyclic amines) is 1. The van der Waals surface area contributed by atoms with Crippen LogP contribution in [0.5, 0.6) is 0 Å². The normalized spacial score (nSPS) is 25.5. The number of hydrogen-bond donors (Lipinski definition) is 0. The molecule has 60 valence electrons. The second kappa shape index (κ2) is 2.91. The van der Waals surface area contributed by atoms with E-state index in [1.165, 1.54) is 32.5 Å². The predicted molar refractivity (Wildman–Crippen MR) is 45.1 cm³/mol. The molecule has 0 aromatic rings. The average Bonchev–Trinajstić information content (AvgIpc) is 2.12. The average molecular weight is 141 g/mol. The maximum absolute atomic E-state index is 2.57. The van der Waals surface area contributed by atoms with Crippen molar-refractivity contribution >= 4 is 0 Å². The van der Waals surface area contributed by atoms with Crippen LogP contribution in [-0.4, -0.2) is 24.5 Å². The van der Waals surface area contributed by atoms with Crippen molar-refractivity contribution in [1.29, 1.82) is 0 Å². The van der Waals surface area contributed by atoms with Gasteiger partial charge in [0.15, 0.2) is 0 Å². The van der Waals surface area contributed by atoms with Crippen molar-refractivity contribution in [3.63, 3.8) is 0 Å². The molecular weight excluding hydrogens is 122 g/mol. The van der Waals surface area contributed by atoms with Gasteiger partial charge in [0.05, 0.1) is 0 Å². The third-order valence-electron chi connectivity index (χ3n) is 2.30. The third-order valence-corrected chi connectivity index (χ3v) is 2.30. The molecule has 1 aliphatic rings. The van der Waals surface area contributed by atoms with Gasteiger partial charge in [-0.25, -0.2) is 0 Å². The Bertz CT molecular complexity index is 107. The summed E-state index contributed by atoms with van der Waals surface area (Å²) in [7, 11) is 0. The molecule has 1 rings (SSSR count). The molecule has 1 aliphatic heterocycles. The summed E-state index contributed by atoms with van der Waals surface area (Å²) >= 11 is 0. The summed E-state index contributed by atoms with van der Waals surface area (Å²) in [5, 5.41) is 0. The molecule has 1 heterocycles. The van der Waals surface area contributed by atoms with Crippen LogP contribution in [0.25, 0.3) is 0 Å². The van der Waals surface area contributed by atoms with Gasteiger partial charge in [0.25, 0.3) is 0 Å². The standard InChI is InChI=1S/C9H19N/c1-4-6-10-7-5-9(2,3)8-10/h4-8H2,1-3H3. The Morgan fingerprint density at radius 3 is 2.50 bits per heavy atom. The molecule has 1 heteroatoms. The van der Waals surface area contributed by atoms with Gasteiger partial charge in [0.1, 0.15) is 0 Å². The molecule has 0 radical (unpaired) electrons. The number of rotatable bonds is 2. The van der Waals surface area contributed by atoms with Gasteiger partial charge in [-0.1, -0.05) is 20.8 Å². The fourth-order valence-corrected chi connectivity index (χ4v) is 1.73. The lowest BCUT2D eigenvalue weighted by Crippen LogP contribution is -2.23. The van der Waals surface area contributed by atoms with E-state index in [1.807, 2.05) is 0 Å². The smallest absolute Gasteiger partial charge is 0.00332 e. The van der Waals surface area contributed by atoms with E-state index in [4.69, 9.17) is 0 Å². The first kappa shape index (κ1) is 8.06. The van der Waals surface area contributed by atoms with Crippen molar-refractivity contribution in [3.8, 4) is 0 Å². The lowest BCUT2D eigenvalue weighted by molar-refractivity contribution is 0.291. The Kier molecular flexibility index (Phi) is 2.35. The molecule has 0 N–H and O–H groups in total. The highest BCUT2D eigenvalue weighted by atomic mass is 15.1.